The van der Waals surface area contributed by atoms with Crippen molar-refractivity contribution in [1.29, 1.82) is 0 Å². The van der Waals surface area contributed by atoms with Gasteiger partial charge in [-0.3, -0.25) is 14.4 Å². The third-order valence-corrected chi connectivity index (χ3v) is 4.44. The number of carbonyl (C=O) groups excluding carboxylic acids is 3. The van der Waals surface area contributed by atoms with Crippen LogP contribution in [-0.2, 0) is 9.59 Å². The van der Waals surface area contributed by atoms with Gasteiger partial charge in [0.05, 0.1) is 10.6 Å². The summed E-state index contributed by atoms with van der Waals surface area (Å²) in [6, 6.07) is 5.18. The summed E-state index contributed by atoms with van der Waals surface area (Å²) in [6.45, 7) is 9.12. The molecule has 3 N–H and O–H groups in total. The Bertz CT molecular complexity index is 649. The molecule has 1 aromatic carbocycles. The van der Waals surface area contributed by atoms with E-state index in [9.17, 15) is 14.4 Å². The van der Waals surface area contributed by atoms with Crippen LogP contribution in [0.2, 0.25) is 5.02 Å². The van der Waals surface area contributed by atoms with Crippen molar-refractivity contribution in [2.45, 2.75) is 59.2 Å². The molecule has 1 rings (SSSR count). The second kappa shape index (κ2) is 10.2. The van der Waals surface area contributed by atoms with Crippen LogP contribution in [0.4, 0.5) is 0 Å². The fraction of sp³-hybridized carbons (Fsp3) is 0.526. The predicted molar refractivity (Wildman–Crippen MR) is 103 cm³/mol. The quantitative estimate of drug-likeness (QED) is 0.646. The van der Waals surface area contributed by atoms with Gasteiger partial charge in [-0.15, -0.1) is 0 Å². The van der Waals surface area contributed by atoms with Gasteiger partial charge in [-0.1, -0.05) is 44.5 Å². The van der Waals surface area contributed by atoms with Gasteiger partial charge < -0.3 is 16.0 Å². The van der Waals surface area contributed by atoms with E-state index in [1.54, 1.807) is 31.2 Å². The van der Waals surface area contributed by atoms with Gasteiger partial charge in [-0.25, -0.2) is 0 Å². The number of amides is 3. The fourth-order valence-electron chi connectivity index (χ4n) is 2.24. The van der Waals surface area contributed by atoms with Crippen molar-refractivity contribution in [2.75, 3.05) is 0 Å². The van der Waals surface area contributed by atoms with Crippen molar-refractivity contribution in [2.24, 2.45) is 5.92 Å². The van der Waals surface area contributed by atoms with Crippen molar-refractivity contribution in [3.63, 3.8) is 0 Å². The zero-order chi connectivity index (χ0) is 19.9. The smallest absolute Gasteiger partial charge is 0.253 e. The van der Waals surface area contributed by atoms with Crippen LogP contribution < -0.4 is 16.0 Å². The highest BCUT2D eigenvalue weighted by atomic mass is 35.5. The highest BCUT2D eigenvalue weighted by Gasteiger charge is 2.28. The molecule has 0 bridgehead atoms. The van der Waals surface area contributed by atoms with Gasteiger partial charge in [0.15, 0.2) is 0 Å². The van der Waals surface area contributed by atoms with Crippen LogP contribution in [0, 0.1) is 5.92 Å². The monoisotopic (exact) mass is 381 g/mol. The molecule has 144 valence electrons. The molecule has 6 nitrogen and oxygen atoms in total. The summed E-state index contributed by atoms with van der Waals surface area (Å²) in [4.78, 5) is 37.1. The van der Waals surface area contributed by atoms with Crippen LogP contribution in [0.25, 0.3) is 0 Å². The Kier molecular flexibility index (Phi) is 8.58. The van der Waals surface area contributed by atoms with Crippen LogP contribution >= 0.6 is 11.6 Å². The van der Waals surface area contributed by atoms with Crippen LogP contribution in [-0.4, -0.2) is 35.8 Å². The summed E-state index contributed by atoms with van der Waals surface area (Å²) in [7, 11) is 0. The summed E-state index contributed by atoms with van der Waals surface area (Å²) < 4.78 is 0. The van der Waals surface area contributed by atoms with Gasteiger partial charge in [0.2, 0.25) is 11.8 Å². The number of benzene rings is 1. The minimum atomic E-state index is -0.780. The largest absolute Gasteiger partial charge is 0.352 e. The van der Waals surface area contributed by atoms with Crippen LogP contribution in [0.3, 0.4) is 0 Å². The predicted octanol–water partition coefficient (Wildman–Crippen LogP) is 2.51. The normalized spacial score (nSPS) is 14.3. The zero-order valence-electron chi connectivity index (χ0n) is 15.9. The number of hydrogen-bond donors (Lipinski definition) is 3. The summed E-state index contributed by atoms with van der Waals surface area (Å²) in [5, 5.41) is 8.50. The molecule has 3 unspecified atom stereocenters. The maximum atomic E-state index is 12.6. The Hall–Kier alpha value is -2.08. The molecule has 0 fully saturated rings. The maximum Gasteiger partial charge on any atom is 0.253 e. The van der Waals surface area contributed by atoms with E-state index >= 15 is 0 Å². The molecule has 0 aliphatic carbocycles. The highest BCUT2D eigenvalue weighted by molar-refractivity contribution is 6.33. The molecule has 0 aliphatic rings. The van der Waals surface area contributed by atoms with Crippen LogP contribution in [0.15, 0.2) is 24.3 Å². The molecule has 1 aromatic rings. The molecule has 26 heavy (non-hydrogen) atoms. The van der Waals surface area contributed by atoms with Crippen molar-refractivity contribution in [3.05, 3.63) is 34.9 Å². The number of halogens is 1. The number of hydrogen-bond acceptors (Lipinski definition) is 3. The van der Waals surface area contributed by atoms with Crippen molar-refractivity contribution >= 4 is 29.3 Å². The van der Waals surface area contributed by atoms with Crippen molar-refractivity contribution in [1.82, 2.24) is 16.0 Å². The lowest BCUT2D eigenvalue weighted by Crippen LogP contribution is -2.55. The molecular weight excluding hydrogens is 354 g/mol. The second-order valence-electron chi connectivity index (χ2n) is 6.72. The first-order valence-corrected chi connectivity index (χ1v) is 9.21. The molecule has 0 aliphatic heterocycles. The SMILES string of the molecule is CCC(C)NC(=O)C(C)NC(=O)C(NC(=O)c1ccccc1Cl)C(C)C. The van der Waals surface area contributed by atoms with E-state index in [1.807, 2.05) is 27.7 Å². The summed E-state index contributed by atoms with van der Waals surface area (Å²) in [5.74, 6) is -1.26. The van der Waals surface area contributed by atoms with E-state index in [-0.39, 0.29) is 17.9 Å². The van der Waals surface area contributed by atoms with E-state index in [4.69, 9.17) is 11.6 Å². The highest BCUT2D eigenvalue weighted by Crippen LogP contribution is 2.15. The van der Waals surface area contributed by atoms with Gasteiger partial charge in [-0.05, 0) is 38.3 Å². The lowest BCUT2D eigenvalue weighted by molar-refractivity contribution is -0.130. The Morgan fingerprint density at radius 1 is 0.962 bits per heavy atom. The zero-order valence-corrected chi connectivity index (χ0v) is 16.7. The lowest BCUT2D eigenvalue weighted by Gasteiger charge is -2.24. The molecule has 0 spiro atoms. The lowest BCUT2D eigenvalue weighted by atomic mass is 10.0. The molecule has 0 saturated heterocycles. The number of rotatable bonds is 8. The molecule has 3 amide bonds. The summed E-state index contributed by atoms with van der Waals surface area (Å²) >= 11 is 6.04. The van der Waals surface area contributed by atoms with Gasteiger partial charge >= 0.3 is 0 Å². The Labute approximate surface area is 160 Å². The minimum absolute atomic E-state index is 0.0303. The fourth-order valence-corrected chi connectivity index (χ4v) is 2.46. The van der Waals surface area contributed by atoms with E-state index in [0.29, 0.717) is 10.6 Å². The maximum absolute atomic E-state index is 12.6. The van der Waals surface area contributed by atoms with Crippen molar-refractivity contribution in [3.8, 4) is 0 Å². The molecule has 0 saturated carbocycles. The molecule has 3 atom stereocenters. The second-order valence-corrected chi connectivity index (χ2v) is 7.13. The van der Waals surface area contributed by atoms with E-state index in [0.717, 1.165) is 6.42 Å². The Morgan fingerprint density at radius 2 is 1.58 bits per heavy atom. The summed E-state index contributed by atoms with van der Waals surface area (Å²) in [6.07, 6.45) is 0.801. The molecule has 0 radical (unpaired) electrons. The topological polar surface area (TPSA) is 87.3 Å². The minimum Gasteiger partial charge on any atom is -0.352 e. The third kappa shape index (κ3) is 6.33. The van der Waals surface area contributed by atoms with Gasteiger partial charge in [0, 0.05) is 6.04 Å². The van der Waals surface area contributed by atoms with Gasteiger partial charge in [0.1, 0.15) is 12.1 Å². The first-order valence-electron chi connectivity index (χ1n) is 8.83. The molecular formula is C19H28ClN3O3. The van der Waals surface area contributed by atoms with Gasteiger partial charge in [-0.2, -0.15) is 0 Å². The van der Waals surface area contributed by atoms with E-state index < -0.39 is 23.9 Å². The van der Waals surface area contributed by atoms with Crippen LogP contribution in [0.1, 0.15) is 51.4 Å². The first-order chi connectivity index (χ1) is 12.2. The van der Waals surface area contributed by atoms with E-state index in [1.165, 1.54) is 0 Å². The first kappa shape index (κ1) is 22.0. The average molecular weight is 382 g/mol. The number of carbonyl (C=O) groups is 3. The van der Waals surface area contributed by atoms with Crippen molar-refractivity contribution < 1.29 is 14.4 Å². The number of nitrogens with one attached hydrogen (secondary N) is 3. The Morgan fingerprint density at radius 3 is 2.12 bits per heavy atom. The van der Waals surface area contributed by atoms with Crippen LogP contribution in [0.5, 0.6) is 0 Å². The Balaban J connectivity index is 2.77. The summed E-state index contributed by atoms with van der Waals surface area (Å²) in [5.41, 5.74) is 0.301. The molecule has 7 heteroatoms. The van der Waals surface area contributed by atoms with E-state index in [2.05, 4.69) is 16.0 Å². The molecule has 0 aromatic heterocycles. The molecule has 0 heterocycles. The average Bonchev–Trinajstić information content (AvgIpc) is 2.58. The third-order valence-electron chi connectivity index (χ3n) is 4.11. The standard InChI is InChI=1S/C19H28ClN3O3/c1-6-12(4)21-17(24)13(5)22-19(26)16(11(2)3)23-18(25)14-9-7-8-10-15(14)20/h7-13,16H,6H2,1-5H3,(H,21,24)(H,22,26)(H,23,25). The van der Waals surface area contributed by atoms with Gasteiger partial charge in [0.25, 0.3) is 5.91 Å².